The van der Waals surface area contributed by atoms with E-state index < -0.39 is 12.0 Å². The van der Waals surface area contributed by atoms with Gasteiger partial charge in [0.1, 0.15) is 12.4 Å². The van der Waals surface area contributed by atoms with Gasteiger partial charge in [-0.25, -0.2) is 9.79 Å². The number of hydrogen-bond donors (Lipinski definition) is 0. The first-order valence-corrected chi connectivity index (χ1v) is 18.9. The van der Waals surface area contributed by atoms with Gasteiger partial charge in [-0.3, -0.25) is 9.36 Å². The van der Waals surface area contributed by atoms with Crippen molar-refractivity contribution in [3.8, 4) is 17.2 Å². The standard InChI is InChI=1S/C37H28Cl2I2N2O6S/c1-4-48-36(45)31-32(20-8-6-5-7-9-20)42-37-43(33(31)21-11-13-28(46-2)29(15-21)47-3)35(44)30(50-37)16-23-14-25(40)18-27(41)34(23)49-19-22-10-12-24(38)17-26(22)39/h5-18,33H,4,19H2,1-3H3/b30-16-/t33-/m1/s1. The Morgan fingerprint density at radius 2 is 1.74 bits per heavy atom. The predicted molar refractivity (Wildman–Crippen MR) is 213 cm³/mol. The predicted octanol–water partition coefficient (Wildman–Crippen LogP) is 8.05. The third-order valence-electron chi connectivity index (χ3n) is 7.81. The van der Waals surface area contributed by atoms with Gasteiger partial charge in [-0.2, -0.15) is 0 Å². The fraction of sp³-hybridized carbons (Fsp3) is 0.162. The zero-order chi connectivity index (χ0) is 35.5. The van der Waals surface area contributed by atoms with Crippen molar-refractivity contribution in [1.29, 1.82) is 0 Å². The molecule has 0 saturated carbocycles. The number of thiazole rings is 1. The Morgan fingerprint density at radius 3 is 2.44 bits per heavy atom. The lowest BCUT2D eigenvalue weighted by atomic mass is 9.93. The topological polar surface area (TPSA) is 88.4 Å². The van der Waals surface area contributed by atoms with E-state index in [9.17, 15) is 9.59 Å². The van der Waals surface area contributed by atoms with E-state index in [0.29, 0.717) is 59.0 Å². The van der Waals surface area contributed by atoms with E-state index in [4.69, 9.17) is 47.1 Å². The second-order valence-electron chi connectivity index (χ2n) is 10.9. The number of nitrogens with zero attached hydrogens (tertiary/aromatic N) is 2. The minimum absolute atomic E-state index is 0.142. The number of fused-ring (bicyclic) bond motifs is 1. The van der Waals surface area contributed by atoms with Crippen LogP contribution in [0.1, 0.15) is 35.2 Å². The Balaban J connectivity index is 1.58. The van der Waals surface area contributed by atoms with Crippen LogP contribution in [-0.2, 0) is 16.1 Å². The Morgan fingerprint density at radius 1 is 0.980 bits per heavy atom. The van der Waals surface area contributed by atoms with E-state index in [2.05, 4.69) is 45.2 Å². The summed E-state index contributed by atoms with van der Waals surface area (Å²) in [4.78, 5) is 33.8. The molecule has 1 aromatic heterocycles. The molecule has 1 aliphatic rings. The first-order valence-electron chi connectivity index (χ1n) is 15.2. The Bertz CT molecular complexity index is 2330. The first kappa shape index (κ1) is 36.4. The summed E-state index contributed by atoms with van der Waals surface area (Å²) in [5, 5.41) is 1.03. The molecule has 5 aromatic rings. The molecule has 0 amide bonds. The zero-order valence-electron chi connectivity index (χ0n) is 26.8. The van der Waals surface area contributed by atoms with Gasteiger partial charge in [0.05, 0.1) is 46.2 Å². The summed E-state index contributed by atoms with van der Waals surface area (Å²) < 4.78 is 26.8. The van der Waals surface area contributed by atoms with Crippen molar-refractivity contribution in [2.75, 3.05) is 20.8 Å². The summed E-state index contributed by atoms with van der Waals surface area (Å²) in [6.45, 7) is 2.07. The average molecular weight is 953 g/mol. The molecule has 2 heterocycles. The van der Waals surface area contributed by atoms with Gasteiger partial charge < -0.3 is 18.9 Å². The molecule has 1 aliphatic heterocycles. The van der Waals surface area contributed by atoms with Gasteiger partial charge in [0.25, 0.3) is 5.56 Å². The molecule has 0 bridgehead atoms. The van der Waals surface area contributed by atoms with Crippen LogP contribution in [-0.4, -0.2) is 31.4 Å². The number of methoxy groups -OCH3 is 2. The number of aromatic nitrogens is 1. The monoisotopic (exact) mass is 952 g/mol. The molecule has 6 rings (SSSR count). The van der Waals surface area contributed by atoms with Crippen molar-refractivity contribution in [1.82, 2.24) is 4.57 Å². The maximum absolute atomic E-state index is 14.6. The maximum Gasteiger partial charge on any atom is 0.338 e. The lowest BCUT2D eigenvalue weighted by molar-refractivity contribution is -0.138. The first-order chi connectivity index (χ1) is 24.1. The molecule has 0 aliphatic carbocycles. The normalized spacial score (nSPS) is 14.2. The number of ether oxygens (including phenoxy) is 4. The number of esters is 1. The highest BCUT2D eigenvalue weighted by Crippen LogP contribution is 2.39. The number of carbonyl (C=O) groups excluding carboxylic acids is 1. The van der Waals surface area contributed by atoms with Crippen LogP contribution in [0.2, 0.25) is 10.0 Å². The third kappa shape index (κ3) is 7.47. The second-order valence-corrected chi connectivity index (χ2v) is 15.1. The molecule has 4 aromatic carbocycles. The van der Waals surface area contributed by atoms with Crippen LogP contribution in [0.4, 0.5) is 0 Å². The molecule has 8 nitrogen and oxygen atoms in total. The van der Waals surface area contributed by atoms with E-state index >= 15 is 0 Å². The Hall–Kier alpha value is -3.37. The fourth-order valence-corrected chi connectivity index (χ4v) is 9.05. The smallest absolute Gasteiger partial charge is 0.338 e. The highest BCUT2D eigenvalue weighted by Gasteiger charge is 2.35. The molecular formula is C37H28Cl2I2N2O6S. The van der Waals surface area contributed by atoms with Crippen LogP contribution < -0.4 is 29.1 Å². The highest BCUT2D eigenvalue weighted by molar-refractivity contribution is 14.1. The van der Waals surface area contributed by atoms with E-state index in [0.717, 1.165) is 12.7 Å². The third-order valence-corrected chi connectivity index (χ3v) is 10.8. The molecule has 13 heteroatoms. The van der Waals surface area contributed by atoms with Crippen LogP contribution in [0.15, 0.2) is 94.2 Å². The average Bonchev–Trinajstić information content (AvgIpc) is 3.41. The van der Waals surface area contributed by atoms with Gasteiger partial charge >= 0.3 is 5.97 Å². The quantitative estimate of drug-likeness (QED) is 0.104. The van der Waals surface area contributed by atoms with Crippen molar-refractivity contribution in [2.45, 2.75) is 19.6 Å². The molecule has 50 heavy (non-hydrogen) atoms. The Labute approximate surface area is 329 Å². The van der Waals surface area contributed by atoms with Gasteiger partial charge in [-0.15, -0.1) is 0 Å². The van der Waals surface area contributed by atoms with Crippen LogP contribution in [0.5, 0.6) is 17.2 Å². The molecule has 0 radical (unpaired) electrons. The Kier molecular flexibility index (Phi) is 11.6. The van der Waals surface area contributed by atoms with Crippen LogP contribution >= 0.6 is 79.7 Å². The zero-order valence-corrected chi connectivity index (χ0v) is 33.5. The SMILES string of the molecule is CCOC(=O)C1=C(c2ccccc2)N=c2s/c(=C\c3cc(I)cc(I)c3OCc3ccc(Cl)cc3Cl)c(=O)n2[C@@H]1c1ccc(OC)c(OC)c1. The van der Waals surface area contributed by atoms with E-state index in [-0.39, 0.29) is 24.3 Å². The molecule has 0 saturated heterocycles. The molecule has 1 atom stereocenters. The molecule has 0 fully saturated rings. The minimum Gasteiger partial charge on any atom is -0.493 e. The van der Waals surface area contributed by atoms with E-state index in [1.807, 2.05) is 54.6 Å². The number of carbonyl (C=O) groups is 1. The van der Waals surface area contributed by atoms with Crippen LogP contribution in [0.25, 0.3) is 11.8 Å². The molecule has 0 N–H and O–H groups in total. The highest BCUT2D eigenvalue weighted by atomic mass is 127. The van der Waals surface area contributed by atoms with E-state index in [1.165, 1.54) is 18.4 Å². The lowest BCUT2D eigenvalue weighted by Crippen LogP contribution is -2.40. The van der Waals surface area contributed by atoms with Gasteiger partial charge in [-0.1, -0.05) is 77.0 Å². The van der Waals surface area contributed by atoms with Gasteiger partial charge in [-0.05, 0) is 100 Å². The summed E-state index contributed by atoms with van der Waals surface area (Å²) >= 11 is 18.2. The van der Waals surface area contributed by atoms with Crippen molar-refractivity contribution in [3.63, 3.8) is 0 Å². The molecular weight excluding hydrogens is 925 g/mol. The summed E-state index contributed by atoms with van der Waals surface area (Å²) in [5.41, 5.74) is 3.12. The molecule has 0 spiro atoms. The van der Waals surface area contributed by atoms with Gasteiger partial charge in [0.15, 0.2) is 16.3 Å². The van der Waals surface area contributed by atoms with Crippen molar-refractivity contribution in [2.24, 2.45) is 4.99 Å². The van der Waals surface area contributed by atoms with Gasteiger partial charge in [0.2, 0.25) is 0 Å². The number of hydrogen-bond acceptors (Lipinski definition) is 8. The molecule has 256 valence electrons. The summed E-state index contributed by atoms with van der Waals surface area (Å²) in [7, 11) is 3.08. The second kappa shape index (κ2) is 15.9. The fourth-order valence-electron chi connectivity index (χ4n) is 5.55. The van der Waals surface area contributed by atoms with Crippen molar-refractivity contribution in [3.05, 3.63) is 144 Å². The summed E-state index contributed by atoms with van der Waals surface area (Å²) in [6, 6.07) is 23.0. The number of rotatable bonds is 10. The van der Waals surface area contributed by atoms with Crippen LogP contribution in [0, 0.1) is 7.14 Å². The number of benzene rings is 4. The minimum atomic E-state index is -0.888. The lowest BCUT2D eigenvalue weighted by Gasteiger charge is -2.26. The van der Waals surface area contributed by atoms with Crippen molar-refractivity contribution >= 4 is 97.5 Å². The van der Waals surface area contributed by atoms with Crippen LogP contribution in [0.3, 0.4) is 0 Å². The molecule has 0 unspecified atom stereocenters. The maximum atomic E-state index is 14.6. The van der Waals surface area contributed by atoms with Crippen molar-refractivity contribution < 1.29 is 23.7 Å². The summed E-state index contributed by atoms with van der Waals surface area (Å²) in [5.74, 6) is 0.975. The van der Waals surface area contributed by atoms with Gasteiger partial charge in [0, 0.05) is 30.3 Å². The largest absolute Gasteiger partial charge is 0.493 e. The number of halogens is 4. The summed E-state index contributed by atoms with van der Waals surface area (Å²) in [6.07, 6.45) is 1.80. The van der Waals surface area contributed by atoms with E-state index in [1.54, 1.807) is 48.9 Å².